The molecule has 2 saturated heterocycles. The average Bonchev–Trinajstić information content (AvgIpc) is 2.87. The zero-order chi connectivity index (χ0) is 25.0. The first-order valence-corrected chi connectivity index (χ1v) is 13.5. The summed E-state index contributed by atoms with van der Waals surface area (Å²) in [6.07, 6.45) is 1.01. The van der Waals surface area contributed by atoms with Crippen molar-refractivity contribution in [2.45, 2.75) is 50.3 Å². The van der Waals surface area contributed by atoms with Crippen molar-refractivity contribution in [3.63, 3.8) is 0 Å². The van der Waals surface area contributed by atoms with Crippen LogP contribution in [0, 0.1) is 5.92 Å². The summed E-state index contributed by atoms with van der Waals surface area (Å²) in [5.41, 5.74) is 1.52. The maximum atomic E-state index is 12.8. The van der Waals surface area contributed by atoms with Crippen molar-refractivity contribution < 1.29 is 22.7 Å². The quantitative estimate of drug-likeness (QED) is 0.659. The zero-order valence-electron chi connectivity index (χ0n) is 20.2. The SMILES string of the molecule is CC1CN(C(=O)c2ccc(CNC(=O)C3CCN(S(=O)(=O)c4ccccc4)CC3)cc2)CC(C)O1. The molecule has 0 spiro atoms. The van der Waals surface area contributed by atoms with Crippen LogP contribution in [0.1, 0.15) is 42.6 Å². The summed E-state index contributed by atoms with van der Waals surface area (Å²) in [5, 5.41) is 2.96. The van der Waals surface area contributed by atoms with E-state index >= 15 is 0 Å². The van der Waals surface area contributed by atoms with Gasteiger partial charge < -0.3 is 15.0 Å². The molecule has 2 unspecified atom stereocenters. The maximum absolute atomic E-state index is 12.8. The van der Waals surface area contributed by atoms with Crippen LogP contribution in [0.15, 0.2) is 59.5 Å². The lowest BCUT2D eigenvalue weighted by Gasteiger charge is -2.35. The number of morpholine rings is 1. The molecular formula is C26H33N3O5S. The fraction of sp³-hybridized carbons (Fsp3) is 0.462. The number of hydrogen-bond donors (Lipinski definition) is 1. The van der Waals surface area contributed by atoms with Gasteiger partial charge in [0.25, 0.3) is 5.91 Å². The average molecular weight is 500 g/mol. The van der Waals surface area contributed by atoms with Crippen molar-refractivity contribution >= 4 is 21.8 Å². The van der Waals surface area contributed by atoms with Crippen molar-refractivity contribution in [3.8, 4) is 0 Å². The number of nitrogens with zero attached hydrogens (tertiary/aromatic N) is 2. The number of nitrogens with one attached hydrogen (secondary N) is 1. The van der Waals surface area contributed by atoms with E-state index in [2.05, 4.69) is 5.32 Å². The number of ether oxygens (including phenoxy) is 1. The molecule has 0 aliphatic carbocycles. The Morgan fingerprint density at radius 2 is 1.54 bits per heavy atom. The Kier molecular flexibility index (Phi) is 7.88. The first-order chi connectivity index (χ1) is 16.7. The molecule has 2 aliphatic rings. The fourth-order valence-electron chi connectivity index (χ4n) is 4.72. The van der Waals surface area contributed by atoms with Gasteiger partial charge in [-0.2, -0.15) is 4.31 Å². The number of carbonyl (C=O) groups is 2. The van der Waals surface area contributed by atoms with Crippen LogP contribution in [-0.2, 0) is 26.1 Å². The number of sulfonamides is 1. The first kappa shape index (κ1) is 25.3. The van der Waals surface area contributed by atoms with Crippen LogP contribution < -0.4 is 5.32 Å². The monoisotopic (exact) mass is 499 g/mol. The van der Waals surface area contributed by atoms with Crippen molar-refractivity contribution in [3.05, 3.63) is 65.7 Å². The van der Waals surface area contributed by atoms with E-state index in [0.717, 1.165) is 5.56 Å². The molecule has 0 saturated carbocycles. The van der Waals surface area contributed by atoms with Gasteiger partial charge in [-0.1, -0.05) is 30.3 Å². The van der Waals surface area contributed by atoms with E-state index in [1.807, 2.05) is 30.9 Å². The Labute approximate surface area is 207 Å². The van der Waals surface area contributed by atoms with E-state index < -0.39 is 10.0 Å². The topological polar surface area (TPSA) is 96.0 Å². The van der Waals surface area contributed by atoms with Crippen molar-refractivity contribution in [2.24, 2.45) is 5.92 Å². The van der Waals surface area contributed by atoms with E-state index in [0.29, 0.717) is 51.1 Å². The second-order valence-electron chi connectivity index (χ2n) is 9.37. The van der Waals surface area contributed by atoms with E-state index in [1.54, 1.807) is 42.5 Å². The Morgan fingerprint density at radius 3 is 2.14 bits per heavy atom. The lowest BCUT2D eigenvalue weighted by atomic mass is 9.97. The molecule has 0 radical (unpaired) electrons. The summed E-state index contributed by atoms with van der Waals surface area (Å²) in [7, 11) is -3.53. The smallest absolute Gasteiger partial charge is 0.254 e. The molecule has 2 aliphatic heterocycles. The second-order valence-corrected chi connectivity index (χ2v) is 11.3. The van der Waals surface area contributed by atoms with Gasteiger partial charge >= 0.3 is 0 Å². The third-order valence-corrected chi connectivity index (χ3v) is 8.49. The number of benzene rings is 2. The van der Waals surface area contributed by atoms with Crippen LogP contribution in [-0.4, -0.2) is 67.8 Å². The van der Waals surface area contributed by atoms with Gasteiger partial charge in [0, 0.05) is 44.2 Å². The van der Waals surface area contributed by atoms with Gasteiger partial charge in [-0.05, 0) is 56.5 Å². The molecule has 8 nitrogen and oxygen atoms in total. The van der Waals surface area contributed by atoms with E-state index in [9.17, 15) is 18.0 Å². The number of carbonyl (C=O) groups excluding carboxylic acids is 2. The maximum Gasteiger partial charge on any atom is 0.254 e. The van der Waals surface area contributed by atoms with Crippen LogP contribution in [0.2, 0.25) is 0 Å². The minimum absolute atomic E-state index is 0.0141. The van der Waals surface area contributed by atoms with E-state index in [1.165, 1.54) is 4.31 Å². The van der Waals surface area contributed by atoms with Gasteiger partial charge in [-0.25, -0.2) is 8.42 Å². The largest absolute Gasteiger partial charge is 0.372 e. The summed E-state index contributed by atoms with van der Waals surface area (Å²) >= 11 is 0. The molecule has 0 aromatic heterocycles. The normalized spacial score (nSPS) is 22.1. The standard InChI is InChI=1S/C26H33N3O5S/c1-19-17-28(18-20(2)34-19)26(31)23-10-8-21(9-11-23)16-27-25(30)22-12-14-29(15-13-22)35(32,33)24-6-4-3-5-7-24/h3-11,19-20,22H,12-18H2,1-2H3,(H,27,30). The third kappa shape index (κ3) is 6.09. The summed E-state index contributed by atoms with van der Waals surface area (Å²) in [6.45, 7) is 6.09. The van der Waals surface area contributed by atoms with Gasteiger partial charge in [0.15, 0.2) is 0 Å². The minimum atomic E-state index is -3.53. The van der Waals surface area contributed by atoms with Crippen molar-refractivity contribution in [2.75, 3.05) is 26.2 Å². The van der Waals surface area contributed by atoms with Gasteiger partial charge in [0.2, 0.25) is 15.9 Å². The van der Waals surface area contributed by atoms with Gasteiger partial charge in [-0.15, -0.1) is 0 Å². The lowest BCUT2D eigenvalue weighted by molar-refractivity contribution is -0.126. The number of piperidine rings is 1. The third-order valence-electron chi connectivity index (χ3n) is 6.58. The summed E-state index contributed by atoms with van der Waals surface area (Å²) in [4.78, 5) is 27.6. The second kappa shape index (κ2) is 10.9. The molecule has 188 valence electrons. The molecule has 2 amide bonds. The highest BCUT2D eigenvalue weighted by Crippen LogP contribution is 2.24. The predicted octanol–water partition coefficient (Wildman–Crippen LogP) is 2.65. The van der Waals surface area contributed by atoms with Crippen LogP contribution in [0.4, 0.5) is 0 Å². The Balaban J connectivity index is 1.26. The summed E-state index contributed by atoms with van der Waals surface area (Å²) in [5.74, 6) is -0.304. The zero-order valence-corrected chi connectivity index (χ0v) is 21.0. The molecule has 2 heterocycles. The van der Waals surface area contributed by atoms with Gasteiger partial charge in [-0.3, -0.25) is 9.59 Å². The van der Waals surface area contributed by atoms with Gasteiger partial charge in [0.05, 0.1) is 17.1 Å². The molecule has 2 atom stereocenters. The molecule has 35 heavy (non-hydrogen) atoms. The number of hydrogen-bond acceptors (Lipinski definition) is 5. The minimum Gasteiger partial charge on any atom is -0.372 e. The van der Waals surface area contributed by atoms with E-state index in [-0.39, 0.29) is 34.8 Å². The molecule has 0 bridgehead atoms. The van der Waals surface area contributed by atoms with Crippen LogP contribution in [0.3, 0.4) is 0 Å². The Bertz CT molecular complexity index is 1120. The fourth-order valence-corrected chi connectivity index (χ4v) is 6.22. The molecule has 4 rings (SSSR count). The highest BCUT2D eigenvalue weighted by atomic mass is 32.2. The van der Waals surface area contributed by atoms with Crippen LogP contribution in [0.5, 0.6) is 0 Å². The molecule has 1 N–H and O–H groups in total. The molecule has 2 aromatic carbocycles. The van der Waals surface area contributed by atoms with Crippen LogP contribution >= 0.6 is 0 Å². The molecule has 9 heteroatoms. The molecule has 2 fully saturated rings. The predicted molar refractivity (Wildman–Crippen MR) is 132 cm³/mol. The Morgan fingerprint density at radius 1 is 0.943 bits per heavy atom. The molecule has 2 aromatic rings. The summed E-state index contributed by atoms with van der Waals surface area (Å²) < 4.78 is 32.7. The Hall–Kier alpha value is -2.75. The van der Waals surface area contributed by atoms with Crippen molar-refractivity contribution in [1.29, 1.82) is 0 Å². The number of rotatable bonds is 6. The van der Waals surface area contributed by atoms with E-state index in [4.69, 9.17) is 4.74 Å². The van der Waals surface area contributed by atoms with Crippen LogP contribution in [0.25, 0.3) is 0 Å². The number of amides is 2. The molecular weight excluding hydrogens is 466 g/mol. The highest BCUT2D eigenvalue weighted by molar-refractivity contribution is 7.89. The first-order valence-electron chi connectivity index (χ1n) is 12.1. The van der Waals surface area contributed by atoms with Crippen molar-refractivity contribution in [1.82, 2.24) is 14.5 Å². The highest BCUT2D eigenvalue weighted by Gasteiger charge is 2.32. The summed E-state index contributed by atoms with van der Waals surface area (Å²) in [6, 6.07) is 15.7. The lowest BCUT2D eigenvalue weighted by Crippen LogP contribution is -2.48. The van der Waals surface area contributed by atoms with Gasteiger partial charge in [0.1, 0.15) is 0 Å².